The summed E-state index contributed by atoms with van der Waals surface area (Å²) in [6, 6.07) is 7.33. The second-order valence-electron chi connectivity index (χ2n) is 8.88. The smallest absolute Gasteiger partial charge is 0.0922 e. The maximum absolute atomic E-state index is 5.91. The first kappa shape index (κ1) is 20.8. The van der Waals surface area contributed by atoms with Gasteiger partial charge < -0.3 is 15.5 Å². The van der Waals surface area contributed by atoms with Crippen LogP contribution >= 0.6 is 0 Å². The Morgan fingerprint density at radius 2 is 2.10 bits per heavy atom. The molecular formula is C24H34N6. The summed E-state index contributed by atoms with van der Waals surface area (Å²) in [6.45, 7) is 7.65. The average molecular weight is 407 g/mol. The first-order valence-corrected chi connectivity index (χ1v) is 11.2. The highest BCUT2D eigenvalue weighted by molar-refractivity contribution is 6.09. The molecule has 1 aliphatic carbocycles. The minimum Gasteiger partial charge on any atom is -0.404 e. The van der Waals surface area contributed by atoms with Crippen LogP contribution < -0.4 is 10.6 Å². The number of likely N-dealkylation sites (N-methyl/N-ethyl adjacent to an activating group) is 1. The zero-order chi connectivity index (χ0) is 21.1. The third kappa shape index (κ3) is 4.48. The van der Waals surface area contributed by atoms with Crippen molar-refractivity contribution in [1.82, 2.24) is 14.9 Å². The van der Waals surface area contributed by atoms with Crippen LogP contribution in [-0.4, -0.2) is 59.8 Å². The van der Waals surface area contributed by atoms with Gasteiger partial charge in [0.25, 0.3) is 0 Å². The van der Waals surface area contributed by atoms with Crippen LogP contribution in [0.25, 0.3) is 16.6 Å². The summed E-state index contributed by atoms with van der Waals surface area (Å²) in [5.74, 6) is 0.846. The minimum atomic E-state index is 0.427. The van der Waals surface area contributed by atoms with Crippen molar-refractivity contribution in [1.29, 1.82) is 0 Å². The lowest BCUT2D eigenvalue weighted by Crippen LogP contribution is -2.50. The van der Waals surface area contributed by atoms with Crippen molar-refractivity contribution < 1.29 is 0 Å². The number of hydrogen-bond acceptors (Lipinski definition) is 6. The summed E-state index contributed by atoms with van der Waals surface area (Å²) in [4.78, 5) is 19.1. The van der Waals surface area contributed by atoms with E-state index in [9.17, 15) is 0 Å². The van der Waals surface area contributed by atoms with Crippen LogP contribution in [0.3, 0.4) is 0 Å². The molecule has 1 aromatic carbocycles. The molecule has 1 atom stereocenters. The highest BCUT2D eigenvalue weighted by Crippen LogP contribution is 2.33. The molecule has 0 spiro atoms. The molecule has 0 radical (unpaired) electrons. The van der Waals surface area contributed by atoms with Gasteiger partial charge in [0.05, 0.1) is 29.0 Å². The van der Waals surface area contributed by atoms with Crippen molar-refractivity contribution >= 4 is 28.5 Å². The molecule has 2 aliphatic rings. The Balaban J connectivity index is 1.50. The molecule has 4 rings (SSSR count). The summed E-state index contributed by atoms with van der Waals surface area (Å²) >= 11 is 0. The van der Waals surface area contributed by atoms with Crippen LogP contribution in [0.15, 0.2) is 35.6 Å². The van der Waals surface area contributed by atoms with E-state index in [0.29, 0.717) is 12.1 Å². The largest absolute Gasteiger partial charge is 0.404 e. The highest BCUT2D eigenvalue weighted by atomic mass is 15.3. The Morgan fingerprint density at radius 3 is 2.83 bits per heavy atom. The van der Waals surface area contributed by atoms with Crippen LogP contribution in [0.2, 0.25) is 0 Å². The normalized spacial score (nSPS) is 25.8. The van der Waals surface area contributed by atoms with Gasteiger partial charge in [-0.15, -0.1) is 0 Å². The van der Waals surface area contributed by atoms with Gasteiger partial charge in [-0.3, -0.25) is 9.98 Å². The molecule has 2 heterocycles. The first-order valence-electron chi connectivity index (χ1n) is 11.2. The highest BCUT2D eigenvalue weighted by Gasteiger charge is 2.27. The maximum atomic E-state index is 5.91. The van der Waals surface area contributed by atoms with Crippen molar-refractivity contribution in [3.8, 4) is 0 Å². The van der Waals surface area contributed by atoms with Gasteiger partial charge in [-0.05, 0) is 50.9 Å². The fourth-order valence-electron chi connectivity index (χ4n) is 4.47. The molecule has 6 heteroatoms. The first-order chi connectivity index (χ1) is 14.6. The van der Waals surface area contributed by atoms with E-state index in [2.05, 4.69) is 53.9 Å². The van der Waals surface area contributed by atoms with Crippen LogP contribution in [0.5, 0.6) is 0 Å². The minimum absolute atomic E-state index is 0.427. The van der Waals surface area contributed by atoms with Crippen molar-refractivity contribution in [2.45, 2.75) is 51.6 Å². The zero-order valence-electron chi connectivity index (χ0n) is 18.5. The average Bonchev–Trinajstić information content (AvgIpc) is 2.73. The second-order valence-corrected chi connectivity index (χ2v) is 8.88. The molecular weight excluding hydrogens is 372 g/mol. The van der Waals surface area contributed by atoms with E-state index in [0.717, 1.165) is 47.9 Å². The van der Waals surface area contributed by atoms with Crippen LogP contribution in [0.4, 0.5) is 5.69 Å². The van der Waals surface area contributed by atoms with E-state index in [1.54, 1.807) is 12.4 Å². The lowest BCUT2D eigenvalue weighted by Gasteiger charge is -2.39. The van der Waals surface area contributed by atoms with Crippen LogP contribution in [0, 0.1) is 5.92 Å². The number of nitrogens with zero attached hydrogens (tertiary/aromatic N) is 5. The summed E-state index contributed by atoms with van der Waals surface area (Å²) in [6.07, 6.45) is 10.2. The molecule has 6 nitrogen and oxygen atoms in total. The SMILES string of the molecule is CCCC1CC(N=CC(=CN)c2cnc3ccc(N4CCN(C)[C@H](C)C4)cc3n2)C1. The van der Waals surface area contributed by atoms with Gasteiger partial charge in [-0.2, -0.15) is 0 Å². The fraction of sp³-hybridized carbons (Fsp3) is 0.542. The van der Waals surface area contributed by atoms with Gasteiger partial charge in [0.2, 0.25) is 0 Å². The van der Waals surface area contributed by atoms with E-state index in [1.807, 2.05) is 6.21 Å². The molecule has 0 bridgehead atoms. The summed E-state index contributed by atoms with van der Waals surface area (Å²) in [7, 11) is 2.19. The van der Waals surface area contributed by atoms with Gasteiger partial charge >= 0.3 is 0 Å². The monoisotopic (exact) mass is 406 g/mol. The van der Waals surface area contributed by atoms with E-state index < -0.39 is 0 Å². The number of benzene rings is 1. The third-order valence-corrected chi connectivity index (χ3v) is 6.66. The Kier molecular flexibility index (Phi) is 6.32. The van der Waals surface area contributed by atoms with Crippen LogP contribution in [0.1, 0.15) is 45.2 Å². The topological polar surface area (TPSA) is 70.6 Å². The Hall–Kier alpha value is -2.47. The number of rotatable bonds is 6. The molecule has 2 fully saturated rings. The van der Waals surface area contributed by atoms with E-state index >= 15 is 0 Å². The maximum Gasteiger partial charge on any atom is 0.0922 e. The summed E-state index contributed by atoms with van der Waals surface area (Å²) in [5.41, 5.74) is 10.5. The van der Waals surface area contributed by atoms with Crippen molar-refractivity contribution in [3.63, 3.8) is 0 Å². The number of nitrogens with two attached hydrogens (primary N) is 1. The molecule has 1 saturated heterocycles. The van der Waals surface area contributed by atoms with Crippen molar-refractivity contribution in [3.05, 3.63) is 36.3 Å². The van der Waals surface area contributed by atoms with Gasteiger partial charge in [0.1, 0.15) is 0 Å². The van der Waals surface area contributed by atoms with Gasteiger partial charge in [0.15, 0.2) is 0 Å². The van der Waals surface area contributed by atoms with Crippen LogP contribution in [-0.2, 0) is 0 Å². The quantitative estimate of drug-likeness (QED) is 0.741. The third-order valence-electron chi connectivity index (χ3n) is 6.66. The summed E-state index contributed by atoms with van der Waals surface area (Å²) in [5, 5.41) is 0. The fourth-order valence-corrected chi connectivity index (χ4v) is 4.47. The molecule has 0 unspecified atom stereocenters. The number of fused-ring (bicyclic) bond motifs is 1. The summed E-state index contributed by atoms with van der Waals surface area (Å²) < 4.78 is 0. The van der Waals surface area contributed by atoms with Gasteiger partial charge in [-0.25, -0.2) is 4.98 Å². The molecule has 2 N–H and O–H groups in total. The molecule has 30 heavy (non-hydrogen) atoms. The van der Waals surface area contributed by atoms with Crippen molar-refractivity contribution in [2.24, 2.45) is 16.6 Å². The predicted octanol–water partition coefficient (Wildman–Crippen LogP) is 3.72. The Morgan fingerprint density at radius 1 is 1.27 bits per heavy atom. The number of aliphatic imine (C=N–C) groups is 1. The predicted molar refractivity (Wildman–Crippen MR) is 126 cm³/mol. The lowest BCUT2D eigenvalue weighted by molar-refractivity contribution is 0.234. The number of allylic oxidation sites excluding steroid dienone is 1. The standard InChI is InChI=1S/C24H34N6/c1-4-5-18-10-20(11-18)26-14-19(13-25)24-15-27-22-7-6-21(12-23(22)28-24)30-9-8-29(3)17(2)16-30/h6-7,12-15,17-18,20H,4-5,8-11,16,25H2,1-3H3/t17-,18?,20?/m1/s1. The number of anilines is 1. The molecule has 2 aromatic rings. The zero-order valence-corrected chi connectivity index (χ0v) is 18.5. The molecule has 1 aliphatic heterocycles. The Bertz CT molecular complexity index is 930. The van der Waals surface area contributed by atoms with E-state index in [1.165, 1.54) is 31.4 Å². The molecule has 1 saturated carbocycles. The Labute approximate surface area is 179 Å². The number of piperazine rings is 1. The molecule has 0 amide bonds. The second kappa shape index (κ2) is 9.13. The molecule has 160 valence electrons. The van der Waals surface area contributed by atoms with Gasteiger partial charge in [0, 0.05) is 49.4 Å². The number of hydrogen-bond donors (Lipinski definition) is 1. The number of aromatic nitrogens is 2. The van der Waals surface area contributed by atoms with E-state index in [-0.39, 0.29) is 0 Å². The van der Waals surface area contributed by atoms with Gasteiger partial charge in [-0.1, -0.05) is 19.8 Å². The lowest BCUT2D eigenvalue weighted by atomic mass is 9.78. The molecule has 1 aromatic heterocycles. The van der Waals surface area contributed by atoms with E-state index in [4.69, 9.17) is 15.7 Å². The van der Waals surface area contributed by atoms with Crippen molar-refractivity contribution in [2.75, 3.05) is 31.6 Å².